The van der Waals surface area contributed by atoms with Gasteiger partial charge in [-0.05, 0) is 24.8 Å². The fourth-order valence-electron chi connectivity index (χ4n) is 2.38. The molecule has 2 N–H and O–H groups in total. The largest absolute Gasteiger partial charge is 0.478 e. The zero-order chi connectivity index (χ0) is 13.0. The predicted octanol–water partition coefficient (Wildman–Crippen LogP) is 2.91. The normalized spacial score (nSPS) is 16.5. The predicted molar refractivity (Wildman–Crippen MR) is 66.2 cm³/mol. The highest BCUT2D eigenvalue weighted by Crippen LogP contribution is 2.24. The molecule has 1 saturated carbocycles. The number of hydrogen-bond donors (Lipinski definition) is 2. The van der Waals surface area contributed by atoms with E-state index in [4.69, 9.17) is 5.11 Å². The topological polar surface area (TPSA) is 62.2 Å². The van der Waals surface area contributed by atoms with Crippen molar-refractivity contribution in [2.45, 2.75) is 32.1 Å². The fourth-order valence-corrected chi connectivity index (χ4v) is 2.38. The molecule has 1 aliphatic carbocycles. The molecular formula is C13H17FN2O2. The van der Waals surface area contributed by atoms with E-state index in [2.05, 4.69) is 10.3 Å². The van der Waals surface area contributed by atoms with Gasteiger partial charge in [-0.1, -0.05) is 19.3 Å². The minimum atomic E-state index is -1.16. The van der Waals surface area contributed by atoms with Gasteiger partial charge >= 0.3 is 5.97 Å². The van der Waals surface area contributed by atoms with Crippen molar-refractivity contribution in [3.63, 3.8) is 0 Å². The van der Waals surface area contributed by atoms with E-state index in [1.807, 2.05) is 0 Å². The Morgan fingerprint density at radius 2 is 2.17 bits per heavy atom. The van der Waals surface area contributed by atoms with E-state index in [9.17, 15) is 9.18 Å². The molecule has 18 heavy (non-hydrogen) atoms. The molecule has 0 amide bonds. The van der Waals surface area contributed by atoms with Gasteiger partial charge in [-0.3, -0.25) is 0 Å². The van der Waals surface area contributed by atoms with Gasteiger partial charge in [0.2, 0.25) is 0 Å². The summed E-state index contributed by atoms with van der Waals surface area (Å²) in [4.78, 5) is 14.8. The number of aromatic nitrogens is 1. The molecule has 2 rings (SSSR count). The second kappa shape index (κ2) is 5.80. The van der Waals surface area contributed by atoms with Crippen molar-refractivity contribution < 1.29 is 14.3 Å². The van der Waals surface area contributed by atoms with Crippen LogP contribution in [0.15, 0.2) is 12.3 Å². The number of hydrogen-bond acceptors (Lipinski definition) is 3. The Labute approximate surface area is 105 Å². The number of carboxylic acid groups (broad SMARTS) is 1. The van der Waals surface area contributed by atoms with Crippen LogP contribution >= 0.6 is 0 Å². The Morgan fingerprint density at radius 3 is 2.83 bits per heavy atom. The van der Waals surface area contributed by atoms with Gasteiger partial charge in [0.15, 0.2) is 0 Å². The molecule has 0 aromatic carbocycles. The molecule has 1 fully saturated rings. The van der Waals surface area contributed by atoms with Crippen LogP contribution in [-0.2, 0) is 0 Å². The highest BCUT2D eigenvalue weighted by atomic mass is 19.1. The molecule has 0 unspecified atom stereocenters. The monoisotopic (exact) mass is 252 g/mol. The molecule has 0 saturated heterocycles. The fraction of sp³-hybridized carbons (Fsp3) is 0.538. The standard InChI is InChI=1S/C13H17FN2O2/c14-10-6-11(13(17)18)12(16-8-10)15-7-9-4-2-1-3-5-9/h6,8-9H,1-5,7H2,(H,15,16)(H,17,18). The first kappa shape index (κ1) is 12.8. The van der Waals surface area contributed by atoms with Crippen molar-refractivity contribution in [1.82, 2.24) is 4.98 Å². The van der Waals surface area contributed by atoms with Crippen molar-refractivity contribution in [2.75, 3.05) is 11.9 Å². The van der Waals surface area contributed by atoms with Crippen LogP contribution in [0.4, 0.5) is 10.2 Å². The van der Waals surface area contributed by atoms with Gasteiger partial charge in [-0.2, -0.15) is 0 Å². The molecule has 1 heterocycles. The minimum Gasteiger partial charge on any atom is -0.478 e. The van der Waals surface area contributed by atoms with Crippen LogP contribution < -0.4 is 5.32 Å². The number of nitrogens with zero attached hydrogens (tertiary/aromatic N) is 1. The number of pyridine rings is 1. The minimum absolute atomic E-state index is 0.106. The van der Waals surface area contributed by atoms with E-state index >= 15 is 0 Å². The molecule has 1 aromatic rings. The van der Waals surface area contributed by atoms with Gasteiger partial charge in [0.1, 0.15) is 17.2 Å². The third kappa shape index (κ3) is 3.18. The van der Waals surface area contributed by atoms with Crippen molar-refractivity contribution >= 4 is 11.8 Å². The molecule has 5 heteroatoms. The van der Waals surface area contributed by atoms with Crippen molar-refractivity contribution in [3.8, 4) is 0 Å². The number of anilines is 1. The Kier molecular flexibility index (Phi) is 4.12. The van der Waals surface area contributed by atoms with E-state index in [-0.39, 0.29) is 11.4 Å². The quantitative estimate of drug-likeness (QED) is 0.864. The Morgan fingerprint density at radius 1 is 1.44 bits per heavy atom. The van der Waals surface area contributed by atoms with Crippen LogP contribution in [0.3, 0.4) is 0 Å². The van der Waals surface area contributed by atoms with Crippen LogP contribution in [0.25, 0.3) is 0 Å². The van der Waals surface area contributed by atoms with E-state index in [1.54, 1.807) is 0 Å². The first-order valence-corrected chi connectivity index (χ1v) is 6.29. The highest BCUT2D eigenvalue weighted by Gasteiger charge is 2.16. The Hall–Kier alpha value is -1.65. The van der Waals surface area contributed by atoms with Gasteiger partial charge in [-0.15, -0.1) is 0 Å². The van der Waals surface area contributed by atoms with Gasteiger partial charge in [-0.25, -0.2) is 14.2 Å². The van der Waals surface area contributed by atoms with E-state index in [0.717, 1.165) is 25.1 Å². The maximum Gasteiger partial charge on any atom is 0.339 e. The summed E-state index contributed by atoms with van der Waals surface area (Å²) in [5, 5.41) is 12.0. The van der Waals surface area contributed by atoms with Gasteiger partial charge in [0.25, 0.3) is 0 Å². The summed E-state index contributed by atoms with van der Waals surface area (Å²) in [6, 6.07) is 0.999. The summed E-state index contributed by atoms with van der Waals surface area (Å²) in [5.74, 6) is -0.967. The van der Waals surface area contributed by atoms with Gasteiger partial charge in [0.05, 0.1) is 6.20 Å². The lowest BCUT2D eigenvalue weighted by Crippen LogP contribution is -2.19. The van der Waals surface area contributed by atoms with Gasteiger partial charge < -0.3 is 10.4 Å². The average Bonchev–Trinajstić information content (AvgIpc) is 2.38. The van der Waals surface area contributed by atoms with Crippen molar-refractivity contribution in [1.29, 1.82) is 0 Å². The molecule has 0 radical (unpaired) electrons. The molecule has 0 spiro atoms. The zero-order valence-electron chi connectivity index (χ0n) is 10.2. The number of carboxylic acids is 1. The third-order valence-corrected chi connectivity index (χ3v) is 3.37. The molecule has 0 aliphatic heterocycles. The number of carbonyl (C=O) groups is 1. The lowest BCUT2D eigenvalue weighted by atomic mass is 9.89. The zero-order valence-corrected chi connectivity index (χ0v) is 10.2. The first-order chi connectivity index (χ1) is 8.66. The van der Waals surface area contributed by atoms with Crippen molar-refractivity contribution in [2.24, 2.45) is 5.92 Å². The van der Waals surface area contributed by atoms with Crippen LogP contribution in [0.2, 0.25) is 0 Å². The lowest BCUT2D eigenvalue weighted by Gasteiger charge is -2.22. The van der Waals surface area contributed by atoms with Crippen LogP contribution in [0, 0.1) is 11.7 Å². The Balaban J connectivity index is 2.01. The smallest absolute Gasteiger partial charge is 0.339 e. The molecule has 0 bridgehead atoms. The summed E-state index contributed by atoms with van der Waals surface area (Å²) < 4.78 is 12.9. The van der Waals surface area contributed by atoms with Crippen LogP contribution in [0.5, 0.6) is 0 Å². The molecule has 1 aromatic heterocycles. The van der Waals surface area contributed by atoms with E-state index in [0.29, 0.717) is 12.5 Å². The summed E-state index contributed by atoms with van der Waals surface area (Å²) >= 11 is 0. The maximum absolute atomic E-state index is 12.9. The van der Waals surface area contributed by atoms with Gasteiger partial charge in [0, 0.05) is 6.54 Å². The maximum atomic E-state index is 12.9. The van der Waals surface area contributed by atoms with E-state index in [1.165, 1.54) is 19.3 Å². The molecule has 4 nitrogen and oxygen atoms in total. The molecule has 1 aliphatic rings. The summed E-state index contributed by atoms with van der Waals surface area (Å²) in [5.41, 5.74) is -0.106. The summed E-state index contributed by atoms with van der Waals surface area (Å²) in [6.07, 6.45) is 7.11. The second-order valence-electron chi connectivity index (χ2n) is 4.74. The number of aromatic carboxylic acids is 1. The number of rotatable bonds is 4. The SMILES string of the molecule is O=C(O)c1cc(F)cnc1NCC1CCCCC1. The number of halogens is 1. The second-order valence-corrected chi connectivity index (χ2v) is 4.74. The van der Waals surface area contributed by atoms with Crippen LogP contribution in [-0.4, -0.2) is 22.6 Å². The first-order valence-electron chi connectivity index (χ1n) is 6.29. The van der Waals surface area contributed by atoms with E-state index < -0.39 is 11.8 Å². The van der Waals surface area contributed by atoms with Crippen LogP contribution in [0.1, 0.15) is 42.5 Å². The highest BCUT2D eigenvalue weighted by molar-refractivity contribution is 5.93. The summed E-state index contributed by atoms with van der Waals surface area (Å²) in [6.45, 7) is 0.707. The molecular weight excluding hydrogens is 235 g/mol. The van der Waals surface area contributed by atoms with Crippen molar-refractivity contribution in [3.05, 3.63) is 23.6 Å². The Bertz CT molecular complexity index is 431. The molecule has 0 atom stereocenters. The lowest BCUT2D eigenvalue weighted by molar-refractivity contribution is 0.0697. The average molecular weight is 252 g/mol. The summed E-state index contributed by atoms with van der Waals surface area (Å²) in [7, 11) is 0. The molecule has 98 valence electrons. The third-order valence-electron chi connectivity index (χ3n) is 3.37. The number of nitrogens with one attached hydrogen (secondary N) is 1.